The van der Waals surface area contributed by atoms with Crippen LogP contribution in [0.1, 0.15) is 48.1 Å². The number of aliphatic imine (C=N–C) groups is 1. The summed E-state index contributed by atoms with van der Waals surface area (Å²) >= 11 is 1.44. The molecule has 1 unspecified atom stereocenters. The molecule has 1 aliphatic rings. The molecule has 1 aliphatic carbocycles. The van der Waals surface area contributed by atoms with Crippen LogP contribution in [-0.2, 0) is 16.6 Å². The largest absolute Gasteiger partial charge is 0.481 e. The highest BCUT2D eigenvalue weighted by atomic mass is 32.1. The molecule has 0 spiro atoms. The summed E-state index contributed by atoms with van der Waals surface area (Å²) in [6, 6.07) is 2.20. The summed E-state index contributed by atoms with van der Waals surface area (Å²) in [4.78, 5) is 19.3. The maximum atomic E-state index is 12.2. The van der Waals surface area contributed by atoms with Crippen molar-refractivity contribution in [2.45, 2.75) is 43.9 Å². The first-order chi connectivity index (χ1) is 11.5. The van der Waals surface area contributed by atoms with Crippen LogP contribution in [0.2, 0.25) is 0 Å². The molecule has 0 radical (unpaired) electrons. The zero-order valence-electron chi connectivity index (χ0n) is 14.0. The highest BCUT2D eigenvalue weighted by Crippen LogP contribution is 2.49. The molecule has 0 fully saturated rings. The third-order valence-electron chi connectivity index (χ3n) is 4.30. The minimum Gasteiger partial charge on any atom is -0.481 e. The average Bonchev–Trinajstić information content (AvgIpc) is 2.91. The van der Waals surface area contributed by atoms with Crippen molar-refractivity contribution >= 4 is 28.6 Å². The Balaban J connectivity index is 2.56. The number of unbranched alkanes of at least 4 members (excludes halogenated alkanes) is 1. The van der Waals surface area contributed by atoms with E-state index in [0.717, 1.165) is 17.7 Å². The number of nitrogens with zero attached hydrogens (tertiary/aromatic N) is 3. The van der Waals surface area contributed by atoms with E-state index in [2.05, 4.69) is 17.0 Å². The number of rotatable bonds is 6. The van der Waals surface area contributed by atoms with Crippen LogP contribution in [0.3, 0.4) is 0 Å². The summed E-state index contributed by atoms with van der Waals surface area (Å²) in [6.07, 6.45) is 10.7. The van der Waals surface area contributed by atoms with Crippen LogP contribution < -0.4 is 0 Å². The molecule has 5 nitrogen and oxygen atoms in total. The van der Waals surface area contributed by atoms with Gasteiger partial charge >= 0.3 is 5.97 Å². The Morgan fingerprint density at radius 1 is 1.58 bits per heavy atom. The molecule has 0 bridgehead atoms. The molecule has 0 amide bonds. The van der Waals surface area contributed by atoms with Crippen molar-refractivity contribution in [2.24, 2.45) is 4.99 Å². The average molecular weight is 343 g/mol. The highest BCUT2D eigenvalue weighted by molar-refractivity contribution is 7.16. The van der Waals surface area contributed by atoms with Crippen molar-refractivity contribution in [3.63, 3.8) is 0 Å². The van der Waals surface area contributed by atoms with Crippen molar-refractivity contribution in [1.82, 2.24) is 4.90 Å². The fourth-order valence-electron chi connectivity index (χ4n) is 3.25. The van der Waals surface area contributed by atoms with E-state index in [9.17, 15) is 15.2 Å². The highest BCUT2D eigenvalue weighted by Gasteiger charge is 2.46. The Morgan fingerprint density at radius 2 is 2.33 bits per heavy atom. The van der Waals surface area contributed by atoms with Gasteiger partial charge in [-0.15, -0.1) is 23.7 Å². The van der Waals surface area contributed by atoms with Gasteiger partial charge in [0.2, 0.25) is 0 Å². The van der Waals surface area contributed by atoms with Gasteiger partial charge in [-0.05, 0) is 32.1 Å². The second-order valence-electron chi connectivity index (χ2n) is 6.20. The van der Waals surface area contributed by atoms with Gasteiger partial charge in [0.15, 0.2) is 0 Å². The molecule has 1 N–H and O–H groups in total. The molecule has 0 aromatic carbocycles. The fraction of sp³-hybridized carbons (Fsp3) is 0.500. The van der Waals surface area contributed by atoms with E-state index in [-0.39, 0.29) is 0 Å². The number of aryl methyl sites for hydroxylation is 1. The lowest BCUT2D eigenvalue weighted by Gasteiger charge is -2.34. The van der Waals surface area contributed by atoms with E-state index in [1.54, 1.807) is 11.2 Å². The zero-order valence-corrected chi connectivity index (χ0v) is 14.8. The first-order valence-electron chi connectivity index (χ1n) is 7.90. The SMILES string of the molecule is C#CCCCC1(C(=O)O)CCCc2sc(N=CN(C)C)c(C#N)c21. The third kappa shape index (κ3) is 3.29. The first kappa shape index (κ1) is 18.0. The van der Waals surface area contributed by atoms with Gasteiger partial charge in [0, 0.05) is 31.0 Å². The van der Waals surface area contributed by atoms with E-state index < -0.39 is 11.4 Å². The van der Waals surface area contributed by atoms with Gasteiger partial charge in [0.1, 0.15) is 11.1 Å². The molecule has 0 aliphatic heterocycles. The molecule has 0 saturated heterocycles. The minimum absolute atomic E-state index is 0.413. The molecule has 0 saturated carbocycles. The van der Waals surface area contributed by atoms with Gasteiger partial charge in [0.25, 0.3) is 0 Å². The number of hydrogen-bond donors (Lipinski definition) is 1. The quantitative estimate of drug-likeness (QED) is 0.372. The van der Waals surface area contributed by atoms with Gasteiger partial charge in [-0.2, -0.15) is 5.26 Å². The van der Waals surface area contributed by atoms with Crippen molar-refractivity contribution in [3.8, 4) is 18.4 Å². The van der Waals surface area contributed by atoms with Crippen LogP contribution in [0.25, 0.3) is 0 Å². The lowest BCUT2D eigenvalue weighted by molar-refractivity contribution is -0.145. The summed E-state index contributed by atoms with van der Waals surface area (Å²) in [7, 11) is 3.70. The van der Waals surface area contributed by atoms with Crippen molar-refractivity contribution in [3.05, 3.63) is 16.0 Å². The standard InChI is InChI=1S/C18H21N3O2S/c1-4-5-6-9-18(17(22)23)10-7-8-14-15(18)13(11-19)16(24-14)20-12-21(2)3/h1,12H,5-10H2,2-3H3,(H,22,23). The Labute approximate surface area is 146 Å². The molecule has 1 heterocycles. The smallest absolute Gasteiger partial charge is 0.314 e. The monoisotopic (exact) mass is 343 g/mol. The predicted molar refractivity (Wildman–Crippen MR) is 95.8 cm³/mol. The molecular weight excluding hydrogens is 322 g/mol. The van der Waals surface area contributed by atoms with E-state index in [4.69, 9.17) is 6.42 Å². The van der Waals surface area contributed by atoms with Gasteiger partial charge in [-0.25, -0.2) is 4.99 Å². The van der Waals surface area contributed by atoms with Gasteiger partial charge in [-0.1, -0.05) is 0 Å². The van der Waals surface area contributed by atoms with Crippen LogP contribution >= 0.6 is 11.3 Å². The fourth-order valence-corrected chi connectivity index (χ4v) is 4.48. The van der Waals surface area contributed by atoms with Crippen LogP contribution in [0, 0.1) is 23.7 Å². The lowest BCUT2D eigenvalue weighted by atomic mass is 9.68. The van der Waals surface area contributed by atoms with Crippen LogP contribution in [-0.4, -0.2) is 36.4 Å². The molecule has 1 aromatic rings. The number of terminal acetylenes is 1. The Hall–Kier alpha value is -2.31. The summed E-state index contributed by atoms with van der Waals surface area (Å²) in [5.74, 6) is 1.71. The Morgan fingerprint density at radius 3 is 2.92 bits per heavy atom. The summed E-state index contributed by atoms with van der Waals surface area (Å²) < 4.78 is 0. The molecule has 1 atom stereocenters. The predicted octanol–water partition coefficient (Wildman–Crippen LogP) is 3.30. The maximum absolute atomic E-state index is 12.2. The summed E-state index contributed by atoms with van der Waals surface area (Å²) in [5.41, 5.74) is 0.0744. The lowest BCUT2D eigenvalue weighted by Crippen LogP contribution is -2.39. The number of fused-ring (bicyclic) bond motifs is 1. The molecule has 1 aromatic heterocycles. The maximum Gasteiger partial charge on any atom is 0.314 e. The second-order valence-corrected chi connectivity index (χ2v) is 7.28. The third-order valence-corrected chi connectivity index (χ3v) is 5.46. The van der Waals surface area contributed by atoms with Crippen LogP contribution in [0.15, 0.2) is 4.99 Å². The van der Waals surface area contributed by atoms with Crippen molar-refractivity contribution in [2.75, 3.05) is 14.1 Å². The van der Waals surface area contributed by atoms with Crippen LogP contribution in [0.5, 0.6) is 0 Å². The summed E-state index contributed by atoms with van der Waals surface area (Å²) in [6.45, 7) is 0. The van der Waals surface area contributed by atoms with Gasteiger partial charge < -0.3 is 10.0 Å². The molecule has 126 valence electrons. The number of nitriles is 1. The number of hydrogen-bond acceptors (Lipinski definition) is 4. The van der Waals surface area contributed by atoms with Crippen molar-refractivity contribution < 1.29 is 9.90 Å². The van der Waals surface area contributed by atoms with E-state index >= 15 is 0 Å². The summed E-state index contributed by atoms with van der Waals surface area (Å²) in [5, 5.41) is 20.2. The molecule has 2 rings (SSSR count). The zero-order chi connectivity index (χ0) is 17.7. The number of carboxylic acids is 1. The Kier molecular flexibility index (Phi) is 5.64. The van der Waals surface area contributed by atoms with E-state index in [0.29, 0.717) is 41.8 Å². The molecule has 24 heavy (non-hydrogen) atoms. The van der Waals surface area contributed by atoms with Crippen molar-refractivity contribution in [1.29, 1.82) is 5.26 Å². The van der Waals surface area contributed by atoms with E-state index in [1.165, 1.54) is 11.3 Å². The Bertz CT molecular complexity index is 737. The molecule has 6 heteroatoms. The van der Waals surface area contributed by atoms with Gasteiger partial charge in [0.05, 0.1) is 17.3 Å². The molecular formula is C18H21N3O2S. The number of thiophene rings is 1. The number of carboxylic acid groups (broad SMARTS) is 1. The first-order valence-corrected chi connectivity index (χ1v) is 8.71. The number of carbonyl (C=O) groups is 1. The number of aliphatic carboxylic acids is 1. The normalized spacial score (nSPS) is 19.5. The topological polar surface area (TPSA) is 76.7 Å². The second kappa shape index (κ2) is 7.51. The van der Waals surface area contributed by atoms with E-state index in [1.807, 2.05) is 14.1 Å². The van der Waals surface area contributed by atoms with Gasteiger partial charge in [-0.3, -0.25) is 4.79 Å². The minimum atomic E-state index is -1.02. The van der Waals surface area contributed by atoms with Crippen LogP contribution in [0.4, 0.5) is 5.00 Å².